The summed E-state index contributed by atoms with van der Waals surface area (Å²) in [4.78, 5) is 23.6. The lowest BCUT2D eigenvalue weighted by Crippen LogP contribution is -2.12. The van der Waals surface area contributed by atoms with Gasteiger partial charge in [0, 0.05) is 42.6 Å². The van der Waals surface area contributed by atoms with Crippen LogP contribution in [-0.4, -0.2) is 26.6 Å². The predicted molar refractivity (Wildman–Crippen MR) is 70.2 cm³/mol. The smallest absolute Gasteiger partial charge is 0.225 e. The summed E-state index contributed by atoms with van der Waals surface area (Å²) in [6.45, 7) is 0. The summed E-state index contributed by atoms with van der Waals surface area (Å²) in [7, 11) is 0. The van der Waals surface area contributed by atoms with Crippen molar-refractivity contribution in [3.05, 3.63) is 43.0 Å². The van der Waals surface area contributed by atoms with Crippen molar-refractivity contribution in [1.29, 1.82) is 0 Å². The monoisotopic (exact) mass is 260 g/mol. The Morgan fingerprint density at radius 1 is 1.17 bits per heavy atom. The fourth-order valence-corrected chi connectivity index (χ4v) is 1.99. The third kappa shape index (κ3) is 4.14. The molecule has 2 heterocycles. The van der Waals surface area contributed by atoms with Gasteiger partial charge in [0.15, 0.2) is 5.16 Å². The molecule has 1 amide bonds. The van der Waals surface area contributed by atoms with Crippen molar-refractivity contribution >= 4 is 23.4 Å². The summed E-state index contributed by atoms with van der Waals surface area (Å²) in [6.07, 6.45) is 7.08. The zero-order valence-electron chi connectivity index (χ0n) is 9.61. The number of hydrogen-bond donors (Lipinski definition) is 1. The molecule has 0 spiro atoms. The van der Waals surface area contributed by atoms with Crippen LogP contribution in [0.25, 0.3) is 0 Å². The molecular formula is C12H12N4OS. The fourth-order valence-electron chi connectivity index (χ4n) is 1.25. The van der Waals surface area contributed by atoms with E-state index < -0.39 is 0 Å². The van der Waals surface area contributed by atoms with E-state index in [1.807, 2.05) is 0 Å². The second kappa shape index (κ2) is 6.70. The molecule has 0 fully saturated rings. The number of anilines is 1. The Morgan fingerprint density at radius 2 is 1.89 bits per heavy atom. The van der Waals surface area contributed by atoms with Crippen LogP contribution < -0.4 is 5.32 Å². The molecule has 92 valence electrons. The molecule has 0 saturated heterocycles. The molecule has 0 aromatic carbocycles. The average molecular weight is 260 g/mol. The first-order valence-corrected chi connectivity index (χ1v) is 6.43. The van der Waals surface area contributed by atoms with Crippen molar-refractivity contribution in [2.45, 2.75) is 11.6 Å². The fraction of sp³-hybridized carbons (Fsp3) is 0.167. The van der Waals surface area contributed by atoms with E-state index in [-0.39, 0.29) is 5.91 Å². The Balaban J connectivity index is 1.73. The van der Waals surface area contributed by atoms with Crippen LogP contribution in [-0.2, 0) is 4.79 Å². The second-order valence-electron chi connectivity index (χ2n) is 3.41. The molecule has 0 aliphatic heterocycles. The van der Waals surface area contributed by atoms with E-state index in [4.69, 9.17) is 0 Å². The SMILES string of the molecule is O=C(CCSc1ncccn1)Nc1ccncc1. The largest absolute Gasteiger partial charge is 0.326 e. The topological polar surface area (TPSA) is 67.8 Å². The van der Waals surface area contributed by atoms with Crippen molar-refractivity contribution in [1.82, 2.24) is 15.0 Å². The summed E-state index contributed by atoms with van der Waals surface area (Å²) in [6, 6.07) is 5.27. The van der Waals surface area contributed by atoms with Crippen LogP contribution in [0.4, 0.5) is 5.69 Å². The van der Waals surface area contributed by atoms with E-state index in [1.165, 1.54) is 11.8 Å². The molecule has 0 radical (unpaired) electrons. The molecule has 2 rings (SSSR count). The molecule has 2 aromatic heterocycles. The maximum Gasteiger partial charge on any atom is 0.225 e. The number of carbonyl (C=O) groups is 1. The Kier molecular flexibility index (Phi) is 4.66. The number of pyridine rings is 1. The minimum Gasteiger partial charge on any atom is -0.326 e. The minimum atomic E-state index is -0.0235. The highest BCUT2D eigenvalue weighted by molar-refractivity contribution is 7.99. The van der Waals surface area contributed by atoms with Gasteiger partial charge < -0.3 is 5.32 Å². The summed E-state index contributed by atoms with van der Waals surface area (Å²) in [5, 5.41) is 3.48. The Bertz CT molecular complexity index is 492. The van der Waals surface area contributed by atoms with E-state index in [1.54, 1.807) is 43.0 Å². The standard InChI is InChI=1S/C12H12N4OS/c17-11(16-10-2-7-13-8-3-10)4-9-18-12-14-5-1-6-15-12/h1-3,5-8H,4,9H2,(H,13,16,17). The molecular weight excluding hydrogens is 248 g/mol. The van der Waals surface area contributed by atoms with Gasteiger partial charge >= 0.3 is 0 Å². The Hall–Kier alpha value is -1.95. The maximum atomic E-state index is 11.6. The Morgan fingerprint density at radius 3 is 2.61 bits per heavy atom. The number of thioether (sulfide) groups is 1. The summed E-state index contributed by atoms with van der Waals surface area (Å²) < 4.78 is 0. The Labute approximate surface area is 109 Å². The van der Waals surface area contributed by atoms with Gasteiger partial charge in [0.2, 0.25) is 5.91 Å². The molecule has 6 heteroatoms. The summed E-state index contributed by atoms with van der Waals surface area (Å²) >= 11 is 1.46. The third-order valence-electron chi connectivity index (χ3n) is 2.07. The molecule has 0 aliphatic carbocycles. The van der Waals surface area contributed by atoms with Crippen LogP contribution in [0, 0.1) is 0 Å². The molecule has 0 bridgehead atoms. The number of nitrogens with one attached hydrogen (secondary N) is 1. The number of carbonyl (C=O) groups excluding carboxylic acids is 1. The maximum absolute atomic E-state index is 11.6. The highest BCUT2D eigenvalue weighted by atomic mass is 32.2. The number of rotatable bonds is 5. The van der Waals surface area contributed by atoms with E-state index in [0.29, 0.717) is 17.3 Å². The first kappa shape index (κ1) is 12.5. The average Bonchev–Trinajstić information content (AvgIpc) is 2.41. The zero-order chi connectivity index (χ0) is 12.6. The van der Waals surface area contributed by atoms with Gasteiger partial charge in [-0.3, -0.25) is 9.78 Å². The lowest BCUT2D eigenvalue weighted by atomic mass is 10.4. The molecule has 2 aromatic rings. The van der Waals surface area contributed by atoms with Gasteiger partial charge in [0.1, 0.15) is 0 Å². The van der Waals surface area contributed by atoms with Crippen molar-refractivity contribution in [2.75, 3.05) is 11.1 Å². The molecule has 0 atom stereocenters. The normalized spacial score (nSPS) is 10.0. The van der Waals surface area contributed by atoms with Crippen LogP contribution in [0.15, 0.2) is 48.1 Å². The highest BCUT2D eigenvalue weighted by Gasteiger charge is 2.03. The number of hydrogen-bond acceptors (Lipinski definition) is 5. The summed E-state index contributed by atoms with van der Waals surface area (Å²) in [5.74, 6) is 0.630. The van der Waals surface area contributed by atoms with Crippen molar-refractivity contribution in [2.24, 2.45) is 0 Å². The van der Waals surface area contributed by atoms with Gasteiger partial charge in [-0.2, -0.15) is 0 Å². The van der Waals surface area contributed by atoms with Crippen molar-refractivity contribution in [3.63, 3.8) is 0 Å². The van der Waals surface area contributed by atoms with Crippen LogP contribution in [0.5, 0.6) is 0 Å². The predicted octanol–water partition coefficient (Wildman–Crippen LogP) is 1.99. The van der Waals surface area contributed by atoms with Gasteiger partial charge in [0.05, 0.1) is 0 Å². The molecule has 0 aliphatic rings. The van der Waals surface area contributed by atoms with Crippen LogP contribution in [0.2, 0.25) is 0 Å². The van der Waals surface area contributed by atoms with E-state index in [2.05, 4.69) is 20.3 Å². The van der Waals surface area contributed by atoms with Crippen LogP contribution >= 0.6 is 11.8 Å². The van der Waals surface area contributed by atoms with Gasteiger partial charge in [-0.25, -0.2) is 9.97 Å². The quantitative estimate of drug-likeness (QED) is 0.657. The minimum absolute atomic E-state index is 0.0235. The summed E-state index contributed by atoms with van der Waals surface area (Å²) in [5.41, 5.74) is 0.760. The molecule has 5 nitrogen and oxygen atoms in total. The zero-order valence-corrected chi connectivity index (χ0v) is 10.4. The highest BCUT2D eigenvalue weighted by Crippen LogP contribution is 2.12. The third-order valence-corrected chi connectivity index (χ3v) is 2.94. The first-order valence-electron chi connectivity index (χ1n) is 5.44. The van der Waals surface area contributed by atoms with Gasteiger partial charge in [-0.15, -0.1) is 0 Å². The number of amides is 1. The van der Waals surface area contributed by atoms with Crippen molar-refractivity contribution < 1.29 is 4.79 Å². The van der Waals surface area contributed by atoms with Crippen LogP contribution in [0.3, 0.4) is 0 Å². The van der Waals surface area contributed by atoms with E-state index >= 15 is 0 Å². The van der Waals surface area contributed by atoms with Gasteiger partial charge in [0.25, 0.3) is 0 Å². The lowest BCUT2D eigenvalue weighted by molar-refractivity contribution is -0.115. The lowest BCUT2D eigenvalue weighted by Gasteiger charge is -2.03. The first-order chi connectivity index (χ1) is 8.84. The molecule has 1 N–H and O–H groups in total. The molecule has 0 saturated carbocycles. The van der Waals surface area contributed by atoms with Gasteiger partial charge in [-0.05, 0) is 18.2 Å². The second-order valence-corrected chi connectivity index (χ2v) is 4.48. The van der Waals surface area contributed by atoms with E-state index in [9.17, 15) is 4.79 Å². The number of nitrogens with zero attached hydrogens (tertiary/aromatic N) is 3. The molecule has 0 unspecified atom stereocenters. The number of aromatic nitrogens is 3. The van der Waals surface area contributed by atoms with E-state index in [0.717, 1.165) is 5.69 Å². The van der Waals surface area contributed by atoms with Gasteiger partial charge in [-0.1, -0.05) is 11.8 Å². The van der Waals surface area contributed by atoms with Crippen LogP contribution in [0.1, 0.15) is 6.42 Å². The van der Waals surface area contributed by atoms with Crippen molar-refractivity contribution in [3.8, 4) is 0 Å². The molecule has 18 heavy (non-hydrogen) atoms.